The number of carbonyl (C=O) groups is 1. The van der Waals surface area contributed by atoms with Gasteiger partial charge < -0.3 is 10.6 Å². The summed E-state index contributed by atoms with van der Waals surface area (Å²) in [5.74, 6) is 0.872. The molecule has 0 aromatic carbocycles. The number of nitrogens with two attached hydrogens (primary N) is 1. The number of aromatic amines is 1. The molecule has 6 heteroatoms. The van der Waals surface area contributed by atoms with E-state index in [4.69, 9.17) is 5.73 Å². The molecule has 2 heterocycles. The normalized spacial score (nSPS) is 23.9. The van der Waals surface area contributed by atoms with E-state index in [1.165, 1.54) is 0 Å². The Balaban J connectivity index is 2.23. The number of aromatic nitrogens is 3. The molecule has 0 radical (unpaired) electrons. The predicted molar refractivity (Wildman–Crippen MR) is 77.4 cm³/mol. The second-order valence-corrected chi connectivity index (χ2v) is 6.64. The monoisotopic (exact) mass is 279 g/mol. The molecule has 1 amide bonds. The van der Waals surface area contributed by atoms with Crippen LogP contribution in [-0.4, -0.2) is 44.6 Å². The van der Waals surface area contributed by atoms with Gasteiger partial charge in [-0.3, -0.25) is 9.89 Å². The molecule has 0 bridgehead atoms. The van der Waals surface area contributed by atoms with Crippen molar-refractivity contribution in [3.05, 3.63) is 11.6 Å². The molecule has 2 rings (SSSR count). The van der Waals surface area contributed by atoms with Crippen LogP contribution in [0.25, 0.3) is 0 Å². The van der Waals surface area contributed by atoms with Gasteiger partial charge in [0.25, 0.3) is 5.91 Å². The fourth-order valence-electron chi connectivity index (χ4n) is 2.69. The van der Waals surface area contributed by atoms with E-state index < -0.39 is 0 Å². The van der Waals surface area contributed by atoms with E-state index in [2.05, 4.69) is 22.1 Å². The lowest BCUT2D eigenvalue weighted by molar-refractivity contribution is 0.0482. The summed E-state index contributed by atoms with van der Waals surface area (Å²) in [7, 11) is 0. The van der Waals surface area contributed by atoms with Crippen molar-refractivity contribution in [1.29, 1.82) is 0 Å². The first kappa shape index (κ1) is 15.0. The molecule has 0 aliphatic carbocycles. The lowest BCUT2D eigenvalue weighted by Gasteiger charge is -2.39. The molecule has 1 aliphatic heterocycles. The number of piperidine rings is 1. The Morgan fingerprint density at radius 1 is 1.45 bits per heavy atom. The summed E-state index contributed by atoms with van der Waals surface area (Å²) >= 11 is 0. The highest BCUT2D eigenvalue weighted by Gasteiger charge is 2.34. The molecule has 6 nitrogen and oxygen atoms in total. The van der Waals surface area contributed by atoms with Gasteiger partial charge in [0.05, 0.1) is 0 Å². The molecule has 2 unspecified atom stereocenters. The van der Waals surface area contributed by atoms with Gasteiger partial charge in [-0.25, -0.2) is 4.98 Å². The molecule has 1 aromatic rings. The van der Waals surface area contributed by atoms with E-state index >= 15 is 0 Å². The second-order valence-electron chi connectivity index (χ2n) is 6.64. The van der Waals surface area contributed by atoms with Gasteiger partial charge in [0.2, 0.25) is 5.82 Å². The summed E-state index contributed by atoms with van der Waals surface area (Å²) in [5, 5.41) is 6.97. The van der Waals surface area contributed by atoms with E-state index in [9.17, 15) is 4.79 Å². The van der Waals surface area contributed by atoms with Crippen LogP contribution in [0, 0.1) is 0 Å². The van der Waals surface area contributed by atoms with E-state index in [1.54, 1.807) is 0 Å². The zero-order chi connectivity index (χ0) is 14.9. The van der Waals surface area contributed by atoms with Crippen molar-refractivity contribution in [2.75, 3.05) is 6.54 Å². The van der Waals surface area contributed by atoms with Gasteiger partial charge in [-0.2, -0.15) is 0 Å². The summed E-state index contributed by atoms with van der Waals surface area (Å²) in [6.45, 7) is 8.67. The Kier molecular flexibility index (Phi) is 4.13. The SMILES string of the molecule is CC1CCCC(CN)N1C(=O)c1n[nH]c(C(C)(C)C)n1. The van der Waals surface area contributed by atoms with Gasteiger partial charge in [-0.05, 0) is 26.2 Å². The maximum absolute atomic E-state index is 12.6. The van der Waals surface area contributed by atoms with Crippen molar-refractivity contribution in [2.45, 2.75) is 64.5 Å². The van der Waals surface area contributed by atoms with Crippen LogP contribution in [0.3, 0.4) is 0 Å². The van der Waals surface area contributed by atoms with Crippen LogP contribution in [-0.2, 0) is 5.41 Å². The minimum Gasteiger partial charge on any atom is -0.329 e. The zero-order valence-electron chi connectivity index (χ0n) is 12.8. The molecule has 0 saturated carbocycles. The van der Waals surface area contributed by atoms with E-state index in [0.717, 1.165) is 25.1 Å². The van der Waals surface area contributed by atoms with Crippen LogP contribution in [0.1, 0.15) is 63.4 Å². The minimum atomic E-state index is -0.147. The Hall–Kier alpha value is -1.43. The first-order valence-corrected chi connectivity index (χ1v) is 7.30. The number of nitrogens with one attached hydrogen (secondary N) is 1. The van der Waals surface area contributed by atoms with Crippen molar-refractivity contribution in [3.8, 4) is 0 Å². The molecule has 1 aromatic heterocycles. The Morgan fingerprint density at radius 2 is 2.15 bits per heavy atom. The predicted octanol–water partition coefficient (Wildman–Crippen LogP) is 1.44. The van der Waals surface area contributed by atoms with E-state index in [0.29, 0.717) is 6.54 Å². The Labute approximate surface area is 120 Å². The quantitative estimate of drug-likeness (QED) is 0.857. The third kappa shape index (κ3) is 2.85. The number of H-pyrrole nitrogens is 1. The summed E-state index contributed by atoms with van der Waals surface area (Å²) in [6.07, 6.45) is 3.09. The maximum Gasteiger partial charge on any atom is 0.294 e. The summed E-state index contributed by atoms with van der Waals surface area (Å²) in [4.78, 5) is 18.9. The van der Waals surface area contributed by atoms with Crippen LogP contribution in [0.5, 0.6) is 0 Å². The Morgan fingerprint density at radius 3 is 2.70 bits per heavy atom. The first-order valence-electron chi connectivity index (χ1n) is 7.30. The molecule has 3 N–H and O–H groups in total. The number of carbonyl (C=O) groups excluding carboxylic acids is 1. The van der Waals surface area contributed by atoms with Gasteiger partial charge in [0, 0.05) is 24.0 Å². The molecule has 0 spiro atoms. The molecule has 1 aliphatic rings. The molecule has 1 saturated heterocycles. The number of nitrogens with zero attached hydrogens (tertiary/aromatic N) is 3. The lowest BCUT2D eigenvalue weighted by Crippen LogP contribution is -2.52. The summed E-state index contributed by atoms with van der Waals surface area (Å²) in [5.41, 5.74) is 5.66. The largest absolute Gasteiger partial charge is 0.329 e. The van der Waals surface area contributed by atoms with Crippen molar-refractivity contribution in [3.63, 3.8) is 0 Å². The van der Waals surface area contributed by atoms with Crippen LogP contribution >= 0.6 is 0 Å². The van der Waals surface area contributed by atoms with Gasteiger partial charge in [0.15, 0.2) is 0 Å². The van der Waals surface area contributed by atoms with Crippen molar-refractivity contribution in [1.82, 2.24) is 20.1 Å². The average Bonchev–Trinajstić information content (AvgIpc) is 2.87. The second kappa shape index (κ2) is 5.52. The van der Waals surface area contributed by atoms with Crippen LogP contribution < -0.4 is 5.73 Å². The number of likely N-dealkylation sites (tertiary alicyclic amines) is 1. The summed E-state index contributed by atoms with van der Waals surface area (Å²) < 4.78 is 0. The smallest absolute Gasteiger partial charge is 0.294 e. The van der Waals surface area contributed by atoms with Gasteiger partial charge in [0.1, 0.15) is 5.82 Å². The lowest BCUT2D eigenvalue weighted by atomic mass is 9.96. The van der Waals surface area contributed by atoms with Crippen LogP contribution in [0.15, 0.2) is 0 Å². The van der Waals surface area contributed by atoms with E-state index in [-0.39, 0.29) is 29.2 Å². The maximum atomic E-state index is 12.6. The van der Waals surface area contributed by atoms with Gasteiger partial charge in [-0.1, -0.05) is 20.8 Å². The van der Waals surface area contributed by atoms with Gasteiger partial charge in [-0.15, -0.1) is 5.10 Å². The van der Waals surface area contributed by atoms with E-state index in [1.807, 2.05) is 25.7 Å². The van der Waals surface area contributed by atoms with Gasteiger partial charge >= 0.3 is 0 Å². The minimum absolute atomic E-state index is 0.0998. The highest BCUT2D eigenvalue weighted by atomic mass is 16.2. The number of amides is 1. The van der Waals surface area contributed by atoms with Crippen molar-refractivity contribution < 1.29 is 4.79 Å². The van der Waals surface area contributed by atoms with Crippen LogP contribution in [0.4, 0.5) is 0 Å². The third-order valence-electron chi connectivity index (χ3n) is 3.92. The highest BCUT2D eigenvalue weighted by molar-refractivity contribution is 5.91. The fourth-order valence-corrected chi connectivity index (χ4v) is 2.69. The number of rotatable bonds is 2. The average molecular weight is 279 g/mol. The third-order valence-corrected chi connectivity index (χ3v) is 3.92. The molecule has 2 atom stereocenters. The van der Waals surface area contributed by atoms with Crippen LogP contribution in [0.2, 0.25) is 0 Å². The van der Waals surface area contributed by atoms with Crippen molar-refractivity contribution >= 4 is 5.91 Å². The number of hydrogen-bond acceptors (Lipinski definition) is 4. The Bertz CT molecular complexity index is 476. The first-order chi connectivity index (χ1) is 9.34. The molecule has 1 fully saturated rings. The summed E-state index contributed by atoms with van der Waals surface area (Å²) in [6, 6.07) is 0.296. The highest BCUT2D eigenvalue weighted by Crippen LogP contribution is 2.24. The zero-order valence-corrected chi connectivity index (χ0v) is 12.8. The molecule has 112 valence electrons. The number of hydrogen-bond donors (Lipinski definition) is 2. The standard InChI is InChI=1S/C14H25N5O/c1-9-6-5-7-10(8-15)19(9)12(20)11-16-13(18-17-11)14(2,3)4/h9-10H,5-8,15H2,1-4H3,(H,16,17,18). The fraction of sp³-hybridized carbons (Fsp3) is 0.786. The molecular weight excluding hydrogens is 254 g/mol. The molecular formula is C14H25N5O. The topological polar surface area (TPSA) is 87.9 Å². The molecule has 20 heavy (non-hydrogen) atoms. The van der Waals surface area contributed by atoms with Crippen molar-refractivity contribution in [2.24, 2.45) is 5.73 Å².